The van der Waals surface area contributed by atoms with Gasteiger partial charge in [0.1, 0.15) is 23.2 Å². The van der Waals surface area contributed by atoms with E-state index in [9.17, 15) is 0 Å². The van der Waals surface area contributed by atoms with Gasteiger partial charge in [-0.15, -0.1) is 0 Å². The topological polar surface area (TPSA) is 12.4 Å². The first-order valence-corrected chi connectivity index (χ1v) is 12.3. The fraction of sp³-hybridized carbons (Fsp3) is 0.240. The molecule has 0 N–H and O–H groups in total. The molecule has 3 rings (SSSR count). The molecule has 0 spiro atoms. The Hall–Kier alpha value is -2.11. The molecule has 0 bridgehead atoms. The van der Waals surface area contributed by atoms with Gasteiger partial charge in [0.05, 0.1) is 11.3 Å². The van der Waals surface area contributed by atoms with Gasteiger partial charge in [-0.25, -0.2) is 4.99 Å². The van der Waals surface area contributed by atoms with Crippen LogP contribution in [0.1, 0.15) is 25.7 Å². The van der Waals surface area contributed by atoms with Gasteiger partial charge in [0, 0.05) is 6.54 Å². The minimum Gasteiger partial charge on any atom is -0.233 e. The average Bonchev–Trinajstić information content (AvgIpc) is 2.78. The van der Waals surface area contributed by atoms with E-state index in [0.717, 1.165) is 13.0 Å². The van der Waals surface area contributed by atoms with E-state index in [4.69, 9.17) is 0 Å². The summed E-state index contributed by atoms with van der Waals surface area (Å²) in [6, 6.07) is 33.4. The molecular formula is C25H27NPS+. The Morgan fingerprint density at radius 1 is 0.607 bits per heavy atom. The maximum atomic E-state index is 4.65. The fourth-order valence-corrected chi connectivity index (χ4v) is 8.32. The molecule has 0 aliphatic carbocycles. The molecule has 0 saturated heterocycles. The maximum Gasteiger partial charge on any atom is 0.112 e. The summed E-state index contributed by atoms with van der Waals surface area (Å²) in [5.74, 6) is 0. The van der Waals surface area contributed by atoms with Crippen molar-refractivity contribution in [3.05, 3.63) is 91.0 Å². The van der Waals surface area contributed by atoms with Crippen molar-refractivity contribution in [3.8, 4) is 0 Å². The third kappa shape index (κ3) is 5.03. The smallest absolute Gasteiger partial charge is 0.112 e. The van der Waals surface area contributed by atoms with Crippen LogP contribution < -0.4 is 15.9 Å². The second-order valence-electron chi connectivity index (χ2n) is 6.93. The van der Waals surface area contributed by atoms with E-state index in [2.05, 4.69) is 113 Å². The van der Waals surface area contributed by atoms with Crippen molar-refractivity contribution < 1.29 is 0 Å². The van der Waals surface area contributed by atoms with Crippen molar-refractivity contribution in [1.82, 2.24) is 0 Å². The predicted octanol–water partition coefficient (Wildman–Crippen LogP) is 5.64. The average molecular weight is 405 g/mol. The number of benzene rings is 3. The normalized spacial score (nSPS) is 11.0. The number of rotatable bonds is 10. The molecule has 142 valence electrons. The Balaban J connectivity index is 1.94. The minimum absolute atomic E-state index is 0.805. The van der Waals surface area contributed by atoms with Crippen molar-refractivity contribution >= 4 is 40.6 Å². The maximum absolute atomic E-state index is 4.65. The van der Waals surface area contributed by atoms with Gasteiger partial charge in [-0.05, 0) is 67.9 Å². The van der Waals surface area contributed by atoms with Crippen LogP contribution in [0.3, 0.4) is 0 Å². The summed E-state index contributed by atoms with van der Waals surface area (Å²) in [6.45, 7) is 0.805. The van der Waals surface area contributed by atoms with Crippen LogP contribution in [0, 0.1) is 0 Å². The van der Waals surface area contributed by atoms with Gasteiger partial charge >= 0.3 is 0 Å². The Bertz CT molecular complexity index is 778. The zero-order valence-electron chi connectivity index (χ0n) is 16.2. The van der Waals surface area contributed by atoms with Crippen molar-refractivity contribution in [1.29, 1.82) is 0 Å². The SMILES string of the molecule is S=C=NCCCCCC[P+](c1ccccc1)(c1ccccc1)c1ccccc1. The second-order valence-corrected chi connectivity index (χ2v) is 10.7. The van der Waals surface area contributed by atoms with Gasteiger partial charge in [0.15, 0.2) is 0 Å². The lowest BCUT2D eigenvalue weighted by molar-refractivity contribution is 0.678. The highest BCUT2D eigenvalue weighted by Gasteiger charge is 2.44. The summed E-state index contributed by atoms with van der Waals surface area (Å²) in [6.07, 6.45) is 5.92. The van der Waals surface area contributed by atoms with Crippen LogP contribution in [0.15, 0.2) is 96.0 Å². The largest absolute Gasteiger partial charge is 0.233 e. The Morgan fingerprint density at radius 2 is 1.04 bits per heavy atom. The van der Waals surface area contributed by atoms with Crippen molar-refractivity contribution in [2.45, 2.75) is 25.7 Å². The van der Waals surface area contributed by atoms with Gasteiger partial charge in [-0.2, -0.15) is 0 Å². The Kier molecular flexibility index (Phi) is 8.12. The molecule has 0 unspecified atom stereocenters. The van der Waals surface area contributed by atoms with E-state index in [1.165, 1.54) is 41.3 Å². The highest BCUT2D eigenvalue weighted by atomic mass is 32.1. The predicted molar refractivity (Wildman–Crippen MR) is 128 cm³/mol. The second kappa shape index (κ2) is 11.0. The number of unbranched alkanes of at least 4 members (excludes halogenated alkanes) is 3. The zero-order chi connectivity index (χ0) is 19.5. The highest BCUT2D eigenvalue weighted by Crippen LogP contribution is 2.55. The molecule has 1 nitrogen and oxygen atoms in total. The molecular weight excluding hydrogens is 377 g/mol. The van der Waals surface area contributed by atoms with Crippen molar-refractivity contribution in [2.24, 2.45) is 4.99 Å². The van der Waals surface area contributed by atoms with E-state index in [-0.39, 0.29) is 0 Å². The monoisotopic (exact) mass is 404 g/mol. The Morgan fingerprint density at radius 3 is 1.46 bits per heavy atom. The van der Waals surface area contributed by atoms with E-state index < -0.39 is 7.26 Å². The molecule has 0 radical (unpaired) electrons. The molecule has 0 aliphatic rings. The zero-order valence-corrected chi connectivity index (χ0v) is 17.9. The summed E-state index contributed by atoms with van der Waals surface area (Å²) in [4.78, 5) is 4.03. The van der Waals surface area contributed by atoms with E-state index in [1.54, 1.807) is 0 Å². The van der Waals surface area contributed by atoms with Gasteiger partial charge in [0.25, 0.3) is 0 Å². The van der Waals surface area contributed by atoms with E-state index >= 15 is 0 Å². The van der Waals surface area contributed by atoms with Crippen LogP contribution in [0.2, 0.25) is 0 Å². The van der Waals surface area contributed by atoms with Crippen LogP contribution in [0.25, 0.3) is 0 Å². The number of nitrogens with zero attached hydrogens (tertiary/aromatic N) is 1. The summed E-state index contributed by atoms with van der Waals surface area (Å²) >= 11 is 4.65. The highest BCUT2D eigenvalue weighted by molar-refractivity contribution is 7.95. The van der Waals surface area contributed by atoms with E-state index in [1.807, 2.05) is 0 Å². The third-order valence-corrected chi connectivity index (χ3v) is 9.82. The van der Waals surface area contributed by atoms with Crippen molar-refractivity contribution in [2.75, 3.05) is 12.7 Å². The lowest BCUT2D eigenvalue weighted by Gasteiger charge is -2.27. The number of isothiocyanates is 1. The van der Waals surface area contributed by atoms with E-state index in [0.29, 0.717) is 0 Å². The summed E-state index contributed by atoms with van der Waals surface area (Å²) in [5.41, 5.74) is 0. The first-order valence-electron chi connectivity index (χ1n) is 9.96. The third-order valence-electron chi connectivity index (χ3n) is 5.17. The standard InChI is InChI=1S/C25H27NPS/c28-22-26-20-12-1-2-13-21-27(23-14-6-3-7-15-23,24-16-8-4-9-17-24)25-18-10-5-11-19-25/h3-11,14-19H,1-2,12-13,20-21H2/q+1. The molecule has 0 aromatic heterocycles. The molecule has 0 heterocycles. The quantitative estimate of drug-likeness (QED) is 0.184. The van der Waals surface area contributed by atoms with Gasteiger partial charge < -0.3 is 0 Å². The van der Waals surface area contributed by atoms with Crippen LogP contribution in [-0.4, -0.2) is 17.9 Å². The molecule has 3 aromatic carbocycles. The number of aliphatic imine (C=N–C) groups is 1. The first kappa shape index (κ1) is 20.6. The van der Waals surface area contributed by atoms with Crippen LogP contribution in [0.4, 0.5) is 0 Å². The number of hydrogen-bond acceptors (Lipinski definition) is 2. The first-order chi connectivity index (χ1) is 13.9. The molecule has 3 heteroatoms. The molecule has 3 aromatic rings. The molecule has 0 atom stereocenters. The minimum atomic E-state index is -1.67. The number of thiocarbonyl (C=S) groups is 1. The van der Waals surface area contributed by atoms with Crippen LogP contribution in [-0.2, 0) is 0 Å². The van der Waals surface area contributed by atoms with Crippen molar-refractivity contribution in [3.63, 3.8) is 0 Å². The van der Waals surface area contributed by atoms with Crippen LogP contribution in [0.5, 0.6) is 0 Å². The molecule has 0 aliphatic heterocycles. The molecule has 0 amide bonds. The molecule has 0 fully saturated rings. The van der Waals surface area contributed by atoms with Gasteiger partial charge in [0.2, 0.25) is 0 Å². The molecule has 0 saturated carbocycles. The summed E-state index contributed by atoms with van der Waals surface area (Å²) < 4.78 is 0. The van der Waals surface area contributed by atoms with Crippen LogP contribution >= 0.6 is 19.5 Å². The van der Waals surface area contributed by atoms with Gasteiger partial charge in [-0.1, -0.05) is 61.0 Å². The lowest BCUT2D eigenvalue weighted by atomic mass is 10.2. The van der Waals surface area contributed by atoms with Gasteiger partial charge in [-0.3, -0.25) is 0 Å². The Labute approximate surface area is 174 Å². The summed E-state index contributed by atoms with van der Waals surface area (Å²) in [7, 11) is -1.67. The lowest BCUT2D eigenvalue weighted by Crippen LogP contribution is -2.33. The number of hydrogen-bond donors (Lipinski definition) is 0. The fourth-order valence-electron chi connectivity index (χ4n) is 3.82. The molecule has 28 heavy (non-hydrogen) atoms. The summed E-state index contributed by atoms with van der Waals surface area (Å²) in [5, 5.41) is 6.87.